The summed E-state index contributed by atoms with van der Waals surface area (Å²) in [6, 6.07) is 16.7. The summed E-state index contributed by atoms with van der Waals surface area (Å²) in [6.07, 6.45) is 1.15. The number of carbonyl (C=O) groups is 3. The Morgan fingerprint density at radius 2 is 1.78 bits per heavy atom. The summed E-state index contributed by atoms with van der Waals surface area (Å²) in [5, 5.41) is 3.27. The van der Waals surface area contributed by atoms with Crippen LogP contribution in [0.5, 0.6) is 11.5 Å². The van der Waals surface area contributed by atoms with Crippen LogP contribution < -0.4 is 10.1 Å². The third kappa shape index (κ3) is 4.91. The van der Waals surface area contributed by atoms with Gasteiger partial charge in [-0.1, -0.05) is 44.2 Å². The van der Waals surface area contributed by atoms with E-state index in [2.05, 4.69) is 5.32 Å². The molecule has 0 saturated carbocycles. The summed E-state index contributed by atoms with van der Waals surface area (Å²) in [5.74, 6) is -2.05. The molecule has 0 amide bonds. The third-order valence-electron chi connectivity index (χ3n) is 6.57. The van der Waals surface area contributed by atoms with Crippen LogP contribution in [0.15, 0.2) is 77.1 Å². The molecule has 1 aliphatic carbocycles. The predicted molar refractivity (Wildman–Crippen MR) is 134 cm³/mol. The molecule has 7 heteroatoms. The number of ether oxygens (including phenoxy) is 3. The van der Waals surface area contributed by atoms with Crippen LogP contribution in [0.3, 0.4) is 0 Å². The predicted octanol–water partition coefficient (Wildman–Crippen LogP) is 5.05. The zero-order valence-corrected chi connectivity index (χ0v) is 21.0. The van der Waals surface area contributed by atoms with Crippen LogP contribution in [0, 0.1) is 11.8 Å². The van der Waals surface area contributed by atoms with Crippen molar-refractivity contribution in [3.63, 3.8) is 0 Å². The molecule has 4 rings (SSSR count). The Morgan fingerprint density at radius 3 is 2.47 bits per heavy atom. The van der Waals surface area contributed by atoms with Crippen LogP contribution in [0.4, 0.5) is 0 Å². The van der Waals surface area contributed by atoms with Gasteiger partial charge < -0.3 is 19.5 Å². The van der Waals surface area contributed by atoms with E-state index in [-0.39, 0.29) is 18.3 Å². The van der Waals surface area contributed by atoms with Crippen molar-refractivity contribution in [2.45, 2.75) is 39.5 Å². The second-order valence-corrected chi connectivity index (χ2v) is 9.16. The molecule has 2 aromatic rings. The topological polar surface area (TPSA) is 90.9 Å². The molecule has 0 unspecified atom stereocenters. The number of dihydropyridines is 1. The summed E-state index contributed by atoms with van der Waals surface area (Å²) < 4.78 is 16.5. The second kappa shape index (κ2) is 10.8. The fourth-order valence-electron chi connectivity index (χ4n) is 4.94. The number of hydrogen-bond donors (Lipinski definition) is 1. The van der Waals surface area contributed by atoms with Crippen molar-refractivity contribution in [1.82, 2.24) is 5.32 Å². The number of rotatable bonds is 7. The van der Waals surface area contributed by atoms with Crippen LogP contribution in [-0.2, 0) is 23.9 Å². The van der Waals surface area contributed by atoms with Gasteiger partial charge in [0.05, 0.1) is 19.3 Å². The fraction of sp³-hybridized carbons (Fsp3) is 0.345. The molecule has 1 aliphatic heterocycles. The Kier molecular flexibility index (Phi) is 7.58. The third-order valence-corrected chi connectivity index (χ3v) is 6.57. The van der Waals surface area contributed by atoms with Crippen molar-refractivity contribution in [1.29, 1.82) is 0 Å². The highest BCUT2D eigenvalue weighted by atomic mass is 16.5. The molecule has 7 nitrogen and oxygen atoms in total. The van der Waals surface area contributed by atoms with Gasteiger partial charge in [0.15, 0.2) is 5.78 Å². The molecule has 3 atom stereocenters. The van der Waals surface area contributed by atoms with Crippen LogP contribution in [0.2, 0.25) is 0 Å². The first kappa shape index (κ1) is 25.2. The number of benzene rings is 2. The number of esters is 2. The van der Waals surface area contributed by atoms with Crippen molar-refractivity contribution in [2.75, 3.05) is 13.7 Å². The van der Waals surface area contributed by atoms with Crippen LogP contribution in [0.25, 0.3) is 0 Å². The Labute approximate surface area is 211 Å². The molecule has 0 spiro atoms. The van der Waals surface area contributed by atoms with Gasteiger partial charge in [0.25, 0.3) is 0 Å². The maximum Gasteiger partial charge on any atom is 0.336 e. The van der Waals surface area contributed by atoms with Crippen LogP contribution in [0.1, 0.15) is 45.1 Å². The first-order chi connectivity index (χ1) is 17.3. The lowest BCUT2D eigenvalue weighted by Gasteiger charge is -2.38. The zero-order chi connectivity index (χ0) is 25.8. The van der Waals surface area contributed by atoms with E-state index in [9.17, 15) is 14.4 Å². The maximum absolute atomic E-state index is 13.8. The number of carbonyl (C=O) groups excluding carboxylic acids is 3. The smallest absolute Gasteiger partial charge is 0.336 e. The van der Waals surface area contributed by atoms with Gasteiger partial charge in [0.1, 0.15) is 17.4 Å². The van der Waals surface area contributed by atoms with Crippen molar-refractivity contribution in [2.24, 2.45) is 11.8 Å². The lowest BCUT2D eigenvalue weighted by molar-refractivity contribution is -0.151. The van der Waals surface area contributed by atoms with E-state index >= 15 is 0 Å². The van der Waals surface area contributed by atoms with Crippen molar-refractivity contribution < 1.29 is 28.6 Å². The van der Waals surface area contributed by atoms with E-state index in [0.717, 1.165) is 5.70 Å². The van der Waals surface area contributed by atoms with Gasteiger partial charge in [-0.3, -0.25) is 9.59 Å². The molecule has 0 bridgehead atoms. The van der Waals surface area contributed by atoms with E-state index in [4.69, 9.17) is 14.2 Å². The number of allylic oxidation sites excluding steroid dienone is 3. The van der Waals surface area contributed by atoms with Gasteiger partial charge in [-0.15, -0.1) is 0 Å². The number of para-hydroxylation sites is 1. The van der Waals surface area contributed by atoms with Crippen molar-refractivity contribution in [3.05, 3.63) is 82.7 Å². The lowest BCUT2D eigenvalue weighted by Crippen LogP contribution is -2.43. The molecule has 0 radical (unpaired) electrons. The zero-order valence-electron chi connectivity index (χ0n) is 21.0. The highest BCUT2D eigenvalue weighted by Gasteiger charge is 2.47. The number of methoxy groups -OCH3 is 1. The van der Waals surface area contributed by atoms with E-state index in [1.807, 2.05) is 75.4 Å². The lowest BCUT2D eigenvalue weighted by atomic mass is 9.69. The Morgan fingerprint density at radius 1 is 1.06 bits per heavy atom. The molecule has 0 aromatic heterocycles. The van der Waals surface area contributed by atoms with Crippen LogP contribution in [-0.4, -0.2) is 31.4 Å². The second-order valence-electron chi connectivity index (χ2n) is 9.16. The monoisotopic (exact) mass is 489 g/mol. The molecule has 2 aliphatic rings. The highest BCUT2D eigenvalue weighted by Crippen LogP contribution is 2.46. The molecule has 36 heavy (non-hydrogen) atoms. The molecular formula is C29H31NO6. The summed E-state index contributed by atoms with van der Waals surface area (Å²) in [5.41, 5.74) is 2.80. The van der Waals surface area contributed by atoms with E-state index < -0.39 is 23.8 Å². The normalized spacial score (nSPS) is 21.4. The molecular weight excluding hydrogens is 458 g/mol. The van der Waals surface area contributed by atoms with Gasteiger partial charge in [-0.05, 0) is 55.5 Å². The first-order valence-electron chi connectivity index (χ1n) is 12.2. The highest BCUT2D eigenvalue weighted by molar-refractivity contribution is 6.12. The van der Waals surface area contributed by atoms with E-state index in [0.29, 0.717) is 46.7 Å². The van der Waals surface area contributed by atoms with Gasteiger partial charge in [0.2, 0.25) is 0 Å². The standard InChI is InChI=1S/C29H31NO6/c1-5-14-35-29(33)24-18(3)30-22-15-17(2)23(28(32)34-4)27(31)26(22)25(24)19-10-9-13-21(16-19)36-20-11-7-6-8-12-20/h6-13,16-17,23,25,30H,5,14-15H2,1-4H3/t17-,23-,25+/m1/s1. The SMILES string of the molecule is CCCOC(=O)C1=C(C)NC2=C(C(=O)[C@H](C(=O)OC)[C@H](C)C2)[C@H]1c1cccc(Oc2ccccc2)c1. The number of nitrogens with one attached hydrogen (secondary N) is 1. The molecule has 1 heterocycles. The number of hydrogen-bond acceptors (Lipinski definition) is 7. The Bertz CT molecular complexity index is 1230. The Hall–Kier alpha value is -3.87. The number of Topliss-reactive ketones (excluding diaryl/α,β-unsaturated/α-hetero) is 1. The first-order valence-corrected chi connectivity index (χ1v) is 12.2. The minimum Gasteiger partial charge on any atom is -0.468 e. The molecule has 0 saturated heterocycles. The van der Waals surface area contributed by atoms with Gasteiger partial charge >= 0.3 is 11.9 Å². The van der Waals surface area contributed by atoms with Gasteiger partial charge in [-0.2, -0.15) is 0 Å². The summed E-state index contributed by atoms with van der Waals surface area (Å²) in [6.45, 7) is 5.86. The molecule has 0 fully saturated rings. The minimum atomic E-state index is -0.937. The summed E-state index contributed by atoms with van der Waals surface area (Å²) in [4.78, 5) is 39.7. The van der Waals surface area contributed by atoms with Crippen LogP contribution >= 0.6 is 0 Å². The van der Waals surface area contributed by atoms with E-state index in [1.54, 1.807) is 0 Å². The van der Waals surface area contributed by atoms with Gasteiger partial charge in [0, 0.05) is 22.9 Å². The average molecular weight is 490 g/mol. The summed E-state index contributed by atoms with van der Waals surface area (Å²) in [7, 11) is 1.28. The van der Waals surface area contributed by atoms with Crippen molar-refractivity contribution in [3.8, 4) is 11.5 Å². The minimum absolute atomic E-state index is 0.244. The fourth-order valence-corrected chi connectivity index (χ4v) is 4.94. The number of ketones is 1. The van der Waals surface area contributed by atoms with Gasteiger partial charge in [-0.25, -0.2) is 4.79 Å². The molecule has 188 valence electrons. The summed E-state index contributed by atoms with van der Waals surface area (Å²) >= 11 is 0. The quantitative estimate of drug-likeness (QED) is 0.430. The van der Waals surface area contributed by atoms with Crippen molar-refractivity contribution >= 4 is 17.7 Å². The Balaban J connectivity index is 1.82. The maximum atomic E-state index is 13.8. The largest absolute Gasteiger partial charge is 0.468 e. The average Bonchev–Trinajstić information content (AvgIpc) is 2.87. The molecule has 1 N–H and O–H groups in total. The molecule has 2 aromatic carbocycles. The van der Waals surface area contributed by atoms with E-state index in [1.165, 1.54) is 7.11 Å².